The first-order valence-corrected chi connectivity index (χ1v) is 13.3. The van der Waals surface area contributed by atoms with Crippen molar-refractivity contribution in [2.45, 2.75) is 45.7 Å². The molecule has 0 bridgehead atoms. The summed E-state index contributed by atoms with van der Waals surface area (Å²) < 4.78 is 26.7. The summed E-state index contributed by atoms with van der Waals surface area (Å²) in [5, 5.41) is 2.90. The Morgan fingerprint density at radius 2 is 1.61 bits per heavy atom. The number of para-hydroxylation sites is 1. The minimum absolute atomic E-state index is 0.273. The molecule has 0 saturated carbocycles. The van der Waals surface area contributed by atoms with Crippen molar-refractivity contribution in [3.63, 3.8) is 0 Å². The number of benzene rings is 2. The van der Waals surface area contributed by atoms with E-state index in [1.54, 1.807) is 31.2 Å². The summed E-state index contributed by atoms with van der Waals surface area (Å²) in [6.07, 6.45) is 1.59. The molecule has 0 aliphatic rings. The number of nitrogens with one attached hydrogen (secondary N) is 1. The van der Waals surface area contributed by atoms with Gasteiger partial charge in [-0.05, 0) is 67.7 Å². The maximum atomic E-state index is 13.4. The van der Waals surface area contributed by atoms with Crippen LogP contribution in [0.25, 0.3) is 0 Å². The Morgan fingerprint density at radius 1 is 1.03 bits per heavy atom. The first kappa shape index (κ1) is 26.9. The molecule has 0 aromatic heterocycles. The minimum Gasteiger partial charge on any atom is -0.350 e. The van der Waals surface area contributed by atoms with Gasteiger partial charge >= 0.3 is 0 Å². The van der Waals surface area contributed by atoms with E-state index in [4.69, 9.17) is 0 Å². The van der Waals surface area contributed by atoms with E-state index < -0.39 is 34.1 Å². The number of amides is 2. The lowest BCUT2D eigenvalue weighted by Crippen LogP contribution is -2.55. The third-order valence-corrected chi connectivity index (χ3v) is 6.75. The van der Waals surface area contributed by atoms with E-state index in [0.717, 1.165) is 16.1 Å². The highest BCUT2D eigenvalue weighted by Gasteiger charge is 2.31. The highest BCUT2D eigenvalue weighted by atomic mass is 79.9. The van der Waals surface area contributed by atoms with Crippen molar-refractivity contribution in [3.8, 4) is 0 Å². The van der Waals surface area contributed by atoms with Gasteiger partial charge in [-0.2, -0.15) is 0 Å². The molecule has 2 aromatic rings. The van der Waals surface area contributed by atoms with E-state index >= 15 is 0 Å². The number of halogens is 1. The van der Waals surface area contributed by atoms with Crippen molar-refractivity contribution in [1.29, 1.82) is 0 Å². The SMILES string of the molecule is C[C@@H](C(=O)NC(C)(C)C)N(CCc1ccccc1)C(=O)CN(c1ccccc1Br)S(C)(=O)=O. The average Bonchev–Trinajstić information content (AvgIpc) is 2.71. The molecule has 0 aliphatic heterocycles. The zero-order chi connectivity index (χ0) is 24.8. The summed E-state index contributed by atoms with van der Waals surface area (Å²) in [7, 11) is -3.76. The van der Waals surface area contributed by atoms with Gasteiger partial charge in [-0.15, -0.1) is 0 Å². The molecule has 1 N–H and O–H groups in total. The number of nitrogens with zero attached hydrogens (tertiary/aromatic N) is 2. The van der Waals surface area contributed by atoms with Gasteiger partial charge in [0.2, 0.25) is 21.8 Å². The molecular weight excluding hydrogens is 506 g/mol. The summed E-state index contributed by atoms with van der Waals surface area (Å²) in [4.78, 5) is 27.8. The van der Waals surface area contributed by atoms with Crippen LogP contribution in [0, 0.1) is 0 Å². The van der Waals surface area contributed by atoms with Gasteiger partial charge in [0.1, 0.15) is 12.6 Å². The van der Waals surface area contributed by atoms with Crippen molar-refractivity contribution in [2.75, 3.05) is 23.7 Å². The Balaban J connectivity index is 2.33. The van der Waals surface area contributed by atoms with Crippen molar-refractivity contribution < 1.29 is 18.0 Å². The van der Waals surface area contributed by atoms with E-state index in [1.165, 1.54) is 4.90 Å². The van der Waals surface area contributed by atoms with Gasteiger partial charge in [0.15, 0.2) is 0 Å². The van der Waals surface area contributed by atoms with Gasteiger partial charge in [0, 0.05) is 16.6 Å². The van der Waals surface area contributed by atoms with Crippen LogP contribution in [0.5, 0.6) is 0 Å². The molecule has 0 aliphatic carbocycles. The monoisotopic (exact) mass is 537 g/mol. The Labute approximate surface area is 205 Å². The van der Waals surface area contributed by atoms with Crippen molar-refractivity contribution in [3.05, 3.63) is 64.6 Å². The number of hydrogen-bond acceptors (Lipinski definition) is 4. The van der Waals surface area contributed by atoms with Crippen LogP contribution in [0.4, 0.5) is 5.69 Å². The Hall–Kier alpha value is -2.39. The molecule has 0 unspecified atom stereocenters. The van der Waals surface area contributed by atoms with Gasteiger partial charge in [-0.1, -0.05) is 42.5 Å². The third kappa shape index (κ3) is 8.16. The lowest BCUT2D eigenvalue weighted by atomic mass is 10.1. The molecule has 0 saturated heterocycles. The second kappa shape index (κ2) is 11.2. The van der Waals surface area contributed by atoms with Crippen LogP contribution in [0.15, 0.2) is 59.1 Å². The number of anilines is 1. The zero-order valence-electron chi connectivity index (χ0n) is 19.7. The molecule has 0 spiro atoms. The predicted molar refractivity (Wildman–Crippen MR) is 136 cm³/mol. The highest BCUT2D eigenvalue weighted by Crippen LogP contribution is 2.27. The lowest BCUT2D eigenvalue weighted by Gasteiger charge is -2.33. The minimum atomic E-state index is -3.76. The van der Waals surface area contributed by atoms with Gasteiger partial charge in [0.25, 0.3) is 0 Å². The van der Waals surface area contributed by atoms with E-state index in [-0.39, 0.29) is 12.5 Å². The Morgan fingerprint density at radius 3 is 2.15 bits per heavy atom. The number of rotatable bonds is 9. The number of hydrogen-bond donors (Lipinski definition) is 1. The number of carbonyl (C=O) groups excluding carboxylic acids is 2. The van der Waals surface area contributed by atoms with Crippen molar-refractivity contribution in [1.82, 2.24) is 10.2 Å². The number of sulfonamides is 1. The fourth-order valence-corrected chi connectivity index (χ4v) is 4.77. The summed E-state index contributed by atoms with van der Waals surface area (Å²) in [6.45, 7) is 7.12. The van der Waals surface area contributed by atoms with E-state index in [2.05, 4.69) is 21.2 Å². The molecule has 1 atom stereocenters. The average molecular weight is 539 g/mol. The molecule has 2 aromatic carbocycles. The van der Waals surface area contributed by atoms with Crippen LogP contribution in [0.2, 0.25) is 0 Å². The second-order valence-electron chi connectivity index (χ2n) is 8.96. The van der Waals surface area contributed by atoms with Gasteiger partial charge in [-0.25, -0.2) is 8.42 Å². The molecule has 0 radical (unpaired) electrons. The topological polar surface area (TPSA) is 86.8 Å². The number of carbonyl (C=O) groups is 2. The van der Waals surface area contributed by atoms with Crippen LogP contribution in [0.1, 0.15) is 33.3 Å². The standard InChI is InChI=1S/C24H32BrN3O4S/c1-18(23(30)26-24(2,3)4)27(16-15-19-11-7-6-8-12-19)22(29)17-28(33(5,31)32)21-14-10-9-13-20(21)25/h6-14,18H,15-17H2,1-5H3,(H,26,30)/t18-/m0/s1. The van der Waals surface area contributed by atoms with Crippen LogP contribution >= 0.6 is 15.9 Å². The maximum absolute atomic E-state index is 13.4. The molecule has 7 nitrogen and oxygen atoms in total. The normalized spacial score (nSPS) is 12.7. The maximum Gasteiger partial charge on any atom is 0.244 e. The molecule has 0 fully saturated rings. The second-order valence-corrected chi connectivity index (χ2v) is 11.7. The molecular formula is C24H32BrN3O4S. The molecule has 2 rings (SSSR count). The molecule has 0 heterocycles. The van der Waals surface area contributed by atoms with E-state index in [0.29, 0.717) is 16.6 Å². The zero-order valence-corrected chi connectivity index (χ0v) is 22.1. The van der Waals surface area contributed by atoms with Crippen LogP contribution in [0.3, 0.4) is 0 Å². The van der Waals surface area contributed by atoms with Crippen LogP contribution in [-0.4, -0.2) is 56.1 Å². The largest absolute Gasteiger partial charge is 0.350 e. The summed E-state index contributed by atoms with van der Waals surface area (Å²) in [5.74, 6) is -0.751. The van der Waals surface area contributed by atoms with Gasteiger partial charge < -0.3 is 10.2 Å². The predicted octanol–water partition coefficient (Wildman–Crippen LogP) is 3.59. The summed E-state index contributed by atoms with van der Waals surface area (Å²) in [6, 6.07) is 15.7. The molecule has 33 heavy (non-hydrogen) atoms. The van der Waals surface area contributed by atoms with E-state index in [9.17, 15) is 18.0 Å². The van der Waals surface area contributed by atoms with Crippen LogP contribution in [-0.2, 0) is 26.0 Å². The van der Waals surface area contributed by atoms with E-state index in [1.807, 2.05) is 51.1 Å². The fraction of sp³-hybridized carbons (Fsp3) is 0.417. The van der Waals surface area contributed by atoms with Crippen LogP contribution < -0.4 is 9.62 Å². The summed E-state index contributed by atoms with van der Waals surface area (Å²) in [5.41, 5.74) is 0.917. The molecule has 9 heteroatoms. The molecule has 2 amide bonds. The van der Waals surface area contributed by atoms with Crippen molar-refractivity contribution >= 4 is 43.5 Å². The molecule has 180 valence electrons. The quantitative estimate of drug-likeness (QED) is 0.529. The fourth-order valence-electron chi connectivity index (χ4n) is 3.29. The Bertz CT molecular complexity index is 1070. The van der Waals surface area contributed by atoms with Crippen molar-refractivity contribution in [2.24, 2.45) is 0 Å². The highest BCUT2D eigenvalue weighted by molar-refractivity contribution is 9.10. The van der Waals surface area contributed by atoms with Gasteiger partial charge in [0.05, 0.1) is 11.9 Å². The third-order valence-electron chi connectivity index (χ3n) is 4.95. The lowest BCUT2D eigenvalue weighted by molar-refractivity contribution is -0.139. The first-order chi connectivity index (χ1) is 15.3. The first-order valence-electron chi connectivity index (χ1n) is 10.7. The van der Waals surface area contributed by atoms with Gasteiger partial charge in [-0.3, -0.25) is 13.9 Å². The summed E-state index contributed by atoms with van der Waals surface area (Å²) >= 11 is 3.37. The smallest absolute Gasteiger partial charge is 0.244 e. The Kier molecular flexibility index (Phi) is 9.08.